The third kappa shape index (κ3) is 3.60. The molecule has 1 unspecified atom stereocenters. The first-order valence-electron chi connectivity index (χ1n) is 9.28. The van der Waals surface area contributed by atoms with Gasteiger partial charge in [0, 0.05) is 6.54 Å². The largest absolute Gasteiger partial charge is 0.503 e. The van der Waals surface area contributed by atoms with Crippen LogP contribution in [0.2, 0.25) is 0 Å². The Morgan fingerprint density at radius 2 is 1.93 bits per heavy atom. The molecular formula is C21H24N2O5S. The minimum absolute atomic E-state index is 0.0717. The van der Waals surface area contributed by atoms with Crippen LogP contribution in [0.15, 0.2) is 29.5 Å². The number of hydrogen-bond acceptors (Lipinski definition) is 7. The molecule has 0 spiro atoms. The molecule has 1 aliphatic rings. The van der Waals surface area contributed by atoms with Crippen LogP contribution in [0.25, 0.3) is 0 Å². The van der Waals surface area contributed by atoms with E-state index < -0.39 is 17.7 Å². The standard InChI is InChI=1S/C21H24N2O5S/c1-6-9-23-17(13-7-8-14(27-4)15(10-13)28-5)16(19(25)21(23)26)18(24)20-11(2)22-12(3)29-20/h7-8,10,17,25H,6,9H2,1-5H3. The molecule has 1 aliphatic heterocycles. The van der Waals surface area contributed by atoms with E-state index in [4.69, 9.17) is 9.47 Å². The summed E-state index contributed by atoms with van der Waals surface area (Å²) in [6.45, 7) is 5.91. The van der Waals surface area contributed by atoms with Gasteiger partial charge in [0.05, 0.1) is 41.4 Å². The number of hydrogen-bond donors (Lipinski definition) is 1. The van der Waals surface area contributed by atoms with E-state index >= 15 is 0 Å². The van der Waals surface area contributed by atoms with E-state index in [1.807, 2.05) is 13.8 Å². The molecule has 1 amide bonds. The molecule has 0 aliphatic carbocycles. The summed E-state index contributed by atoms with van der Waals surface area (Å²) < 4.78 is 10.7. The van der Waals surface area contributed by atoms with Gasteiger partial charge in [0.2, 0.25) is 5.78 Å². The second-order valence-corrected chi connectivity index (χ2v) is 7.96. The lowest BCUT2D eigenvalue weighted by Crippen LogP contribution is -2.31. The van der Waals surface area contributed by atoms with Crippen LogP contribution in [0, 0.1) is 13.8 Å². The Kier molecular flexibility index (Phi) is 5.93. The summed E-state index contributed by atoms with van der Waals surface area (Å²) in [7, 11) is 3.06. The van der Waals surface area contributed by atoms with Gasteiger partial charge in [-0.1, -0.05) is 13.0 Å². The minimum atomic E-state index is -0.712. The van der Waals surface area contributed by atoms with Crippen LogP contribution >= 0.6 is 11.3 Å². The smallest absolute Gasteiger partial charge is 0.290 e. The number of aliphatic hydroxyl groups excluding tert-OH is 1. The average Bonchev–Trinajstić information content (AvgIpc) is 3.17. The van der Waals surface area contributed by atoms with E-state index in [1.165, 1.54) is 30.5 Å². The van der Waals surface area contributed by atoms with Crippen molar-refractivity contribution in [2.75, 3.05) is 20.8 Å². The molecule has 8 heteroatoms. The summed E-state index contributed by atoms with van der Waals surface area (Å²) >= 11 is 1.26. The van der Waals surface area contributed by atoms with Gasteiger partial charge >= 0.3 is 0 Å². The highest BCUT2D eigenvalue weighted by molar-refractivity contribution is 7.14. The Bertz CT molecular complexity index is 995. The Morgan fingerprint density at radius 1 is 1.24 bits per heavy atom. The Labute approximate surface area is 173 Å². The zero-order valence-corrected chi connectivity index (χ0v) is 17.9. The molecule has 3 rings (SSSR count). The van der Waals surface area contributed by atoms with E-state index in [2.05, 4.69) is 4.98 Å². The Hall–Kier alpha value is -2.87. The second kappa shape index (κ2) is 8.24. The number of rotatable bonds is 7. The third-order valence-electron chi connectivity index (χ3n) is 4.85. The van der Waals surface area contributed by atoms with E-state index in [-0.39, 0.29) is 11.4 Å². The van der Waals surface area contributed by atoms with Gasteiger partial charge in [-0.25, -0.2) is 4.98 Å². The van der Waals surface area contributed by atoms with Gasteiger partial charge in [-0.05, 0) is 38.0 Å². The fourth-order valence-electron chi connectivity index (χ4n) is 3.59. The third-order valence-corrected chi connectivity index (χ3v) is 5.92. The van der Waals surface area contributed by atoms with E-state index in [0.717, 1.165) is 5.01 Å². The molecule has 0 fully saturated rings. The molecule has 0 saturated heterocycles. The van der Waals surface area contributed by atoms with Crippen molar-refractivity contribution >= 4 is 23.0 Å². The molecule has 2 aromatic rings. The number of carbonyl (C=O) groups is 2. The number of nitrogens with zero attached hydrogens (tertiary/aromatic N) is 2. The SMILES string of the molecule is CCCN1C(=O)C(O)=C(C(=O)c2sc(C)nc2C)C1c1ccc(OC)c(OC)c1. The van der Waals surface area contributed by atoms with Gasteiger partial charge in [-0.3, -0.25) is 9.59 Å². The normalized spacial score (nSPS) is 16.5. The molecule has 29 heavy (non-hydrogen) atoms. The molecule has 1 N–H and O–H groups in total. The maximum absolute atomic E-state index is 13.4. The minimum Gasteiger partial charge on any atom is -0.503 e. The van der Waals surface area contributed by atoms with Crippen molar-refractivity contribution in [2.45, 2.75) is 33.2 Å². The molecule has 2 heterocycles. The van der Waals surface area contributed by atoms with Gasteiger partial charge in [0.15, 0.2) is 17.3 Å². The Morgan fingerprint density at radius 3 is 2.48 bits per heavy atom. The molecule has 0 radical (unpaired) electrons. The molecule has 0 bridgehead atoms. The predicted octanol–water partition coefficient (Wildman–Crippen LogP) is 3.77. The van der Waals surface area contributed by atoms with Crippen LogP contribution < -0.4 is 9.47 Å². The predicted molar refractivity (Wildman–Crippen MR) is 110 cm³/mol. The number of aryl methyl sites for hydroxylation is 2. The van der Waals surface area contributed by atoms with Gasteiger partial charge in [-0.2, -0.15) is 0 Å². The van der Waals surface area contributed by atoms with Crippen LogP contribution in [0.5, 0.6) is 11.5 Å². The zero-order valence-electron chi connectivity index (χ0n) is 17.1. The Balaban J connectivity index is 2.15. The van der Waals surface area contributed by atoms with Crippen molar-refractivity contribution in [1.82, 2.24) is 9.88 Å². The van der Waals surface area contributed by atoms with Gasteiger partial charge in [-0.15, -0.1) is 11.3 Å². The van der Waals surface area contributed by atoms with Crippen molar-refractivity contribution in [1.29, 1.82) is 0 Å². The monoisotopic (exact) mass is 416 g/mol. The zero-order chi connectivity index (χ0) is 21.3. The number of amides is 1. The molecule has 1 aromatic carbocycles. The first kappa shape index (κ1) is 20.9. The summed E-state index contributed by atoms with van der Waals surface area (Å²) in [5.41, 5.74) is 1.32. The van der Waals surface area contributed by atoms with Crippen molar-refractivity contribution < 1.29 is 24.2 Å². The number of ether oxygens (including phenoxy) is 2. The number of Topliss-reactive ketones (excluding diaryl/α,β-unsaturated/α-hetero) is 1. The van der Waals surface area contributed by atoms with E-state index in [9.17, 15) is 14.7 Å². The summed E-state index contributed by atoms with van der Waals surface area (Å²) in [6.07, 6.45) is 0.684. The molecule has 154 valence electrons. The highest BCUT2D eigenvalue weighted by Gasteiger charge is 2.44. The summed E-state index contributed by atoms with van der Waals surface area (Å²) in [6, 6.07) is 4.52. The molecule has 1 atom stereocenters. The molecule has 1 aromatic heterocycles. The molecule has 0 saturated carbocycles. The van der Waals surface area contributed by atoms with Crippen LogP contribution in [0.1, 0.15) is 45.3 Å². The summed E-state index contributed by atoms with van der Waals surface area (Å²) in [4.78, 5) is 32.4. The number of aromatic nitrogens is 1. The lowest BCUT2D eigenvalue weighted by atomic mass is 9.94. The second-order valence-electron chi connectivity index (χ2n) is 6.75. The quantitative estimate of drug-likeness (QED) is 0.691. The van der Waals surface area contributed by atoms with Gasteiger partial charge in [0.25, 0.3) is 5.91 Å². The van der Waals surface area contributed by atoms with Crippen molar-refractivity contribution in [3.63, 3.8) is 0 Å². The fraction of sp³-hybridized carbons (Fsp3) is 0.381. The van der Waals surface area contributed by atoms with Crippen LogP contribution in [-0.2, 0) is 4.79 Å². The van der Waals surface area contributed by atoms with Crippen LogP contribution in [0.4, 0.5) is 0 Å². The van der Waals surface area contributed by atoms with Crippen LogP contribution in [0.3, 0.4) is 0 Å². The summed E-state index contributed by atoms with van der Waals surface area (Å²) in [5, 5.41) is 11.4. The highest BCUT2D eigenvalue weighted by atomic mass is 32.1. The lowest BCUT2D eigenvalue weighted by molar-refractivity contribution is -0.129. The van der Waals surface area contributed by atoms with Gasteiger partial charge < -0.3 is 19.5 Å². The van der Waals surface area contributed by atoms with Crippen LogP contribution in [-0.4, -0.2) is 47.4 Å². The van der Waals surface area contributed by atoms with Crippen molar-refractivity contribution in [3.8, 4) is 11.5 Å². The number of methoxy groups -OCH3 is 2. The van der Waals surface area contributed by atoms with E-state index in [1.54, 1.807) is 25.1 Å². The van der Waals surface area contributed by atoms with Crippen molar-refractivity contribution in [2.24, 2.45) is 0 Å². The number of carbonyl (C=O) groups excluding carboxylic acids is 2. The molecular weight excluding hydrogens is 392 g/mol. The first-order valence-corrected chi connectivity index (χ1v) is 10.1. The lowest BCUT2D eigenvalue weighted by Gasteiger charge is -2.27. The van der Waals surface area contributed by atoms with Crippen molar-refractivity contribution in [3.05, 3.63) is 50.7 Å². The number of aliphatic hydroxyl groups is 1. The van der Waals surface area contributed by atoms with E-state index in [0.29, 0.717) is 40.6 Å². The topological polar surface area (TPSA) is 89.0 Å². The first-order chi connectivity index (χ1) is 13.8. The number of benzene rings is 1. The maximum Gasteiger partial charge on any atom is 0.290 e. The maximum atomic E-state index is 13.4. The fourth-order valence-corrected chi connectivity index (χ4v) is 4.46. The average molecular weight is 416 g/mol. The molecule has 7 nitrogen and oxygen atoms in total. The van der Waals surface area contributed by atoms with Gasteiger partial charge in [0.1, 0.15) is 0 Å². The highest BCUT2D eigenvalue weighted by Crippen LogP contribution is 2.42. The summed E-state index contributed by atoms with van der Waals surface area (Å²) in [5.74, 6) is -0.408. The number of thiazole rings is 1. The number of ketones is 1.